The molecule has 0 bridgehead atoms. The minimum Gasteiger partial charge on any atom is -0.460 e. The number of benzene rings is 1. The lowest BCUT2D eigenvalue weighted by atomic mass is 10.2. The van der Waals surface area contributed by atoms with Crippen molar-refractivity contribution in [1.82, 2.24) is 5.32 Å². The monoisotopic (exact) mass is 263 g/mol. The van der Waals surface area contributed by atoms with Gasteiger partial charge in [-0.2, -0.15) is 0 Å². The molecular weight excluding hydrogens is 246 g/mol. The smallest absolute Gasteiger partial charge is 0.134 e. The van der Waals surface area contributed by atoms with Crippen molar-refractivity contribution < 1.29 is 4.42 Å². The van der Waals surface area contributed by atoms with Crippen molar-refractivity contribution in [2.24, 2.45) is 0 Å². The second-order valence-corrected chi connectivity index (χ2v) is 4.90. The summed E-state index contributed by atoms with van der Waals surface area (Å²) in [4.78, 5) is 0. The molecule has 0 saturated carbocycles. The first-order valence-corrected chi connectivity index (χ1v) is 6.65. The summed E-state index contributed by atoms with van der Waals surface area (Å²) in [6.07, 6.45) is 1.11. The van der Waals surface area contributed by atoms with Crippen LogP contribution in [-0.4, -0.2) is 6.04 Å². The highest BCUT2D eigenvalue weighted by Crippen LogP contribution is 2.24. The zero-order chi connectivity index (χ0) is 13.0. The fraction of sp³-hybridized carbons (Fsp3) is 0.333. The summed E-state index contributed by atoms with van der Waals surface area (Å²) in [5, 5.41) is 4.13. The van der Waals surface area contributed by atoms with Gasteiger partial charge in [0, 0.05) is 16.6 Å². The summed E-state index contributed by atoms with van der Waals surface area (Å²) >= 11 is 5.97. The van der Waals surface area contributed by atoms with Crippen LogP contribution in [0.5, 0.6) is 0 Å². The average molecular weight is 264 g/mol. The van der Waals surface area contributed by atoms with E-state index in [4.69, 9.17) is 16.0 Å². The first kappa shape index (κ1) is 13.2. The topological polar surface area (TPSA) is 25.2 Å². The summed E-state index contributed by atoms with van der Waals surface area (Å²) in [7, 11) is 0. The standard InChI is InChI=1S/C15H18ClNO/c1-3-11(2)17-10-14-7-8-15(18-14)12-5-4-6-13(16)9-12/h4-9,11,17H,3,10H2,1-2H3/t11-/m0/s1. The Balaban J connectivity index is 2.06. The lowest BCUT2D eigenvalue weighted by Crippen LogP contribution is -2.24. The molecule has 1 aromatic carbocycles. The van der Waals surface area contributed by atoms with E-state index in [1.807, 2.05) is 36.4 Å². The van der Waals surface area contributed by atoms with Crippen molar-refractivity contribution in [2.75, 3.05) is 0 Å². The highest BCUT2D eigenvalue weighted by molar-refractivity contribution is 6.30. The quantitative estimate of drug-likeness (QED) is 0.860. The lowest BCUT2D eigenvalue weighted by Gasteiger charge is -2.08. The molecule has 0 spiro atoms. The van der Waals surface area contributed by atoms with Gasteiger partial charge in [-0.25, -0.2) is 0 Å². The molecule has 0 aliphatic heterocycles. The molecule has 2 aromatic rings. The molecule has 0 aliphatic carbocycles. The molecule has 2 rings (SSSR count). The Morgan fingerprint density at radius 1 is 1.28 bits per heavy atom. The SMILES string of the molecule is CC[C@H](C)NCc1ccc(-c2cccc(Cl)c2)o1. The molecule has 0 unspecified atom stereocenters. The molecule has 1 N–H and O–H groups in total. The van der Waals surface area contributed by atoms with Crippen LogP contribution in [-0.2, 0) is 6.54 Å². The van der Waals surface area contributed by atoms with Crippen LogP contribution in [0.15, 0.2) is 40.8 Å². The van der Waals surface area contributed by atoms with E-state index in [1.165, 1.54) is 0 Å². The maximum atomic E-state index is 5.97. The van der Waals surface area contributed by atoms with Gasteiger partial charge in [0.1, 0.15) is 11.5 Å². The molecule has 2 nitrogen and oxygen atoms in total. The Kier molecular flexibility index (Phi) is 4.45. The lowest BCUT2D eigenvalue weighted by molar-refractivity contribution is 0.457. The molecular formula is C15H18ClNO. The second kappa shape index (κ2) is 6.07. The molecule has 1 atom stereocenters. The van der Waals surface area contributed by atoms with Crippen LogP contribution >= 0.6 is 11.6 Å². The Bertz CT molecular complexity index is 507. The molecule has 0 fully saturated rings. The highest BCUT2D eigenvalue weighted by Gasteiger charge is 2.06. The molecule has 0 saturated heterocycles. The van der Waals surface area contributed by atoms with E-state index >= 15 is 0 Å². The van der Waals surface area contributed by atoms with Crippen molar-refractivity contribution >= 4 is 11.6 Å². The van der Waals surface area contributed by atoms with Crippen molar-refractivity contribution in [3.8, 4) is 11.3 Å². The number of hydrogen-bond acceptors (Lipinski definition) is 2. The number of halogens is 1. The minimum atomic E-state index is 0.504. The number of furan rings is 1. The molecule has 96 valence electrons. The summed E-state index contributed by atoms with van der Waals surface area (Å²) < 4.78 is 5.80. The van der Waals surface area contributed by atoms with Gasteiger partial charge in [-0.05, 0) is 37.6 Å². The normalized spacial score (nSPS) is 12.6. The van der Waals surface area contributed by atoms with Gasteiger partial charge in [0.2, 0.25) is 0 Å². The number of rotatable bonds is 5. The molecule has 0 aliphatic rings. The Morgan fingerprint density at radius 2 is 2.11 bits per heavy atom. The largest absolute Gasteiger partial charge is 0.460 e. The number of hydrogen-bond donors (Lipinski definition) is 1. The van der Waals surface area contributed by atoms with E-state index in [0.29, 0.717) is 6.04 Å². The maximum absolute atomic E-state index is 5.97. The predicted molar refractivity (Wildman–Crippen MR) is 75.7 cm³/mol. The van der Waals surface area contributed by atoms with Crippen molar-refractivity contribution in [3.63, 3.8) is 0 Å². The van der Waals surface area contributed by atoms with Crippen LogP contribution in [0.3, 0.4) is 0 Å². The molecule has 3 heteroatoms. The van der Waals surface area contributed by atoms with Crippen LogP contribution < -0.4 is 5.32 Å². The van der Waals surface area contributed by atoms with Crippen molar-refractivity contribution in [2.45, 2.75) is 32.9 Å². The zero-order valence-corrected chi connectivity index (χ0v) is 11.5. The van der Waals surface area contributed by atoms with Gasteiger partial charge >= 0.3 is 0 Å². The minimum absolute atomic E-state index is 0.504. The Morgan fingerprint density at radius 3 is 2.83 bits per heavy atom. The van der Waals surface area contributed by atoms with Gasteiger partial charge in [0.05, 0.1) is 6.54 Å². The third kappa shape index (κ3) is 3.37. The predicted octanol–water partition coefficient (Wildman–Crippen LogP) is 4.49. The van der Waals surface area contributed by atoms with Gasteiger partial charge in [-0.3, -0.25) is 0 Å². The van der Waals surface area contributed by atoms with Gasteiger partial charge in [-0.15, -0.1) is 0 Å². The summed E-state index contributed by atoms with van der Waals surface area (Å²) in [6, 6.07) is 12.2. The van der Waals surface area contributed by atoms with E-state index in [0.717, 1.165) is 35.1 Å². The third-order valence-corrected chi connectivity index (χ3v) is 3.24. The molecule has 1 heterocycles. The molecule has 0 amide bonds. The number of nitrogens with one attached hydrogen (secondary N) is 1. The summed E-state index contributed by atoms with van der Waals surface area (Å²) in [5.41, 5.74) is 1.01. The van der Waals surface area contributed by atoms with E-state index in [2.05, 4.69) is 19.2 Å². The van der Waals surface area contributed by atoms with Crippen LogP contribution in [0.2, 0.25) is 5.02 Å². The van der Waals surface area contributed by atoms with E-state index < -0.39 is 0 Å². The summed E-state index contributed by atoms with van der Waals surface area (Å²) in [5.74, 6) is 1.81. The molecule has 0 radical (unpaired) electrons. The van der Waals surface area contributed by atoms with Gasteiger partial charge in [0.25, 0.3) is 0 Å². The second-order valence-electron chi connectivity index (χ2n) is 4.47. The fourth-order valence-electron chi connectivity index (χ4n) is 1.69. The van der Waals surface area contributed by atoms with Crippen LogP contribution in [0.4, 0.5) is 0 Å². The van der Waals surface area contributed by atoms with E-state index in [1.54, 1.807) is 0 Å². The van der Waals surface area contributed by atoms with Crippen molar-refractivity contribution in [1.29, 1.82) is 0 Å². The fourth-order valence-corrected chi connectivity index (χ4v) is 1.88. The average Bonchev–Trinajstić information content (AvgIpc) is 2.84. The van der Waals surface area contributed by atoms with Crippen molar-refractivity contribution in [3.05, 3.63) is 47.2 Å². The van der Waals surface area contributed by atoms with Crippen LogP contribution in [0.25, 0.3) is 11.3 Å². The van der Waals surface area contributed by atoms with Crippen LogP contribution in [0, 0.1) is 0 Å². The van der Waals surface area contributed by atoms with Gasteiger partial charge in [-0.1, -0.05) is 30.7 Å². The Hall–Kier alpha value is -1.25. The highest BCUT2D eigenvalue weighted by atomic mass is 35.5. The summed E-state index contributed by atoms with van der Waals surface area (Å²) in [6.45, 7) is 5.09. The molecule has 18 heavy (non-hydrogen) atoms. The Labute approximate surface area is 113 Å². The van der Waals surface area contributed by atoms with Gasteiger partial charge in [0.15, 0.2) is 0 Å². The molecule has 1 aromatic heterocycles. The third-order valence-electron chi connectivity index (χ3n) is 3.01. The first-order valence-electron chi connectivity index (χ1n) is 6.27. The van der Waals surface area contributed by atoms with Crippen LogP contribution in [0.1, 0.15) is 26.0 Å². The first-order chi connectivity index (χ1) is 8.69. The van der Waals surface area contributed by atoms with E-state index in [-0.39, 0.29) is 0 Å². The van der Waals surface area contributed by atoms with Gasteiger partial charge < -0.3 is 9.73 Å². The van der Waals surface area contributed by atoms with E-state index in [9.17, 15) is 0 Å². The maximum Gasteiger partial charge on any atom is 0.134 e. The zero-order valence-electron chi connectivity index (χ0n) is 10.7.